The zero-order valence-electron chi connectivity index (χ0n) is 16.9. The van der Waals surface area contributed by atoms with Gasteiger partial charge in [0.15, 0.2) is 0 Å². The van der Waals surface area contributed by atoms with Gasteiger partial charge in [-0.2, -0.15) is 0 Å². The average Bonchev–Trinajstić information content (AvgIpc) is 3.39. The van der Waals surface area contributed by atoms with E-state index >= 15 is 0 Å². The van der Waals surface area contributed by atoms with Gasteiger partial charge in [0.05, 0.1) is 16.6 Å². The molecule has 1 aromatic carbocycles. The van der Waals surface area contributed by atoms with Crippen molar-refractivity contribution < 1.29 is 14.1 Å². The normalized spacial score (nSPS) is 13.8. The number of rotatable bonds is 4. The molecule has 2 aromatic heterocycles. The second-order valence-corrected chi connectivity index (χ2v) is 7.39. The quantitative estimate of drug-likeness (QED) is 0.728. The van der Waals surface area contributed by atoms with Crippen LogP contribution in [0.25, 0.3) is 11.1 Å². The monoisotopic (exact) mass is 392 g/mol. The number of benzene rings is 1. The van der Waals surface area contributed by atoms with E-state index in [0.717, 1.165) is 37.2 Å². The standard InChI is InChI=1S/C22H24N4O3/c1-4-15-12-17(19-14(3)25-29-21(19)23-15)20(27)24-18-9-7-8-16(13(18)2)22(28)26-10-5-6-11-26/h7-9,12H,4-6,10-11H2,1-3H3,(H,24,27). The number of aromatic nitrogens is 2. The number of nitrogens with one attached hydrogen (secondary N) is 1. The number of carbonyl (C=O) groups is 2. The summed E-state index contributed by atoms with van der Waals surface area (Å²) in [5.74, 6) is -0.252. The number of aryl methyl sites for hydroxylation is 2. The molecule has 0 aliphatic carbocycles. The Morgan fingerprint density at radius 2 is 1.93 bits per heavy atom. The molecular formula is C22H24N4O3. The highest BCUT2D eigenvalue weighted by atomic mass is 16.5. The van der Waals surface area contributed by atoms with Gasteiger partial charge in [0.25, 0.3) is 17.5 Å². The zero-order chi connectivity index (χ0) is 20.5. The van der Waals surface area contributed by atoms with E-state index in [-0.39, 0.29) is 11.8 Å². The van der Waals surface area contributed by atoms with Gasteiger partial charge in [0, 0.05) is 30.0 Å². The van der Waals surface area contributed by atoms with Crippen LogP contribution >= 0.6 is 0 Å². The van der Waals surface area contributed by atoms with Crippen LogP contribution in [0.1, 0.15) is 57.4 Å². The summed E-state index contributed by atoms with van der Waals surface area (Å²) in [4.78, 5) is 32.2. The van der Waals surface area contributed by atoms with Crippen LogP contribution < -0.4 is 5.32 Å². The van der Waals surface area contributed by atoms with Crippen LogP contribution in [0, 0.1) is 13.8 Å². The number of hydrogen-bond donors (Lipinski definition) is 1. The Balaban J connectivity index is 1.67. The van der Waals surface area contributed by atoms with Crippen LogP contribution in [0.2, 0.25) is 0 Å². The van der Waals surface area contributed by atoms with Crippen molar-refractivity contribution in [2.24, 2.45) is 0 Å². The molecule has 3 heterocycles. The number of pyridine rings is 1. The molecule has 1 aliphatic rings. The lowest BCUT2D eigenvalue weighted by Gasteiger charge is -2.18. The summed E-state index contributed by atoms with van der Waals surface area (Å²) in [6.45, 7) is 7.20. The van der Waals surface area contributed by atoms with Gasteiger partial charge in [0.2, 0.25) is 0 Å². The van der Waals surface area contributed by atoms with Gasteiger partial charge in [-0.3, -0.25) is 9.59 Å². The Morgan fingerprint density at radius 1 is 1.17 bits per heavy atom. The topological polar surface area (TPSA) is 88.3 Å². The molecule has 7 heteroatoms. The van der Waals surface area contributed by atoms with Gasteiger partial charge in [-0.05, 0) is 56.9 Å². The van der Waals surface area contributed by atoms with Crippen LogP contribution in [-0.4, -0.2) is 39.9 Å². The molecule has 0 saturated carbocycles. The maximum Gasteiger partial charge on any atom is 0.258 e. The molecule has 0 spiro atoms. The van der Waals surface area contributed by atoms with Crippen molar-refractivity contribution in [2.75, 3.05) is 18.4 Å². The second kappa shape index (κ2) is 7.66. The number of amides is 2. The first kappa shape index (κ1) is 19.1. The Labute approximate surface area is 169 Å². The highest BCUT2D eigenvalue weighted by molar-refractivity contribution is 6.13. The maximum absolute atomic E-state index is 13.1. The smallest absolute Gasteiger partial charge is 0.258 e. The summed E-state index contributed by atoms with van der Waals surface area (Å²) in [6, 6.07) is 7.20. The Hall–Kier alpha value is -3.22. The van der Waals surface area contributed by atoms with Crippen molar-refractivity contribution in [3.8, 4) is 0 Å². The summed E-state index contributed by atoms with van der Waals surface area (Å²) in [5, 5.41) is 7.53. The van der Waals surface area contributed by atoms with E-state index in [9.17, 15) is 9.59 Å². The average molecular weight is 392 g/mol. The molecule has 1 fully saturated rings. The van der Waals surface area contributed by atoms with E-state index in [4.69, 9.17) is 4.52 Å². The number of hydrogen-bond acceptors (Lipinski definition) is 5. The third kappa shape index (κ3) is 3.48. The molecule has 2 amide bonds. The largest absolute Gasteiger partial charge is 0.339 e. The molecule has 1 N–H and O–H groups in total. The van der Waals surface area contributed by atoms with Gasteiger partial charge < -0.3 is 14.7 Å². The van der Waals surface area contributed by atoms with E-state index in [1.807, 2.05) is 30.9 Å². The van der Waals surface area contributed by atoms with Crippen molar-refractivity contribution in [1.29, 1.82) is 0 Å². The minimum atomic E-state index is -0.271. The molecule has 0 unspecified atom stereocenters. The number of likely N-dealkylation sites (tertiary alicyclic amines) is 1. The van der Waals surface area contributed by atoms with Gasteiger partial charge in [-0.1, -0.05) is 18.1 Å². The molecule has 1 aliphatic heterocycles. The molecule has 1 saturated heterocycles. The molecule has 29 heavy (non-hydrogen) atoms. The number of carbonyl (C=O) groups excluding carboxylic acids is 2. The summed E-state index contributed by atoms with van der Waals surface area (Å²) >= 11 is 0. The van der Waals surface area contributed by atoms with Crippen molar-refractivity contribution in [3.63, 3.8) is 0 Å². The molecule has 7 nitrogen and oxygen atoms in total. The van der Waals surface area contributed by atoms with E-state index in [2.05, 4.69) is 15.5 Å². The molecule has 0 bridgehead atoms. The first-order valence-electron chi connectivity index (χ1n) is 9.95. The molecule has 4 rings (SSSR count). The number of fused-ring (bicyclic) bond motifs is 1. The molecule has 0 radical (unpaired) electrons. The van der Waals surface area contributed by atoms with Crippen LogP contribution in [0.4, 0.5) is 5.69 Å². The Morgan fingerprint density at radius 3 is 2.66 bits per heavy atom. The fourth-order valence-electron chi connectivity index (χ4n) is 3.79. The predicted molar refractivity (Wildman–Crippen MR) is 110 cm³/mol. The van der Waals surface area contributed by atoms with E-state index in [1.165, 1.54) is 0 Å². The summed E-state index contributed by atoms with van der Waals surface area (Å²) < 4.78 is 5.27. The lowest BCUT2D eigenvalue weighted by atomic mass is 10.0. The minimum absolute atomic E-state index is 0.0190. The summed E-state index contributed by atoms with van der Waals surface area (Å²) in [5.41, 5.74) is 4.23. The van der Waals surface area contributed by atoms with E-state index in [1.54, 1.807) is 19.1 Å². The van der Waals surface area contributed by atoms with Crippen LogP contribution in [0.5, 0.6) is 0 Å². The predicted octanol–water partition coefficient (Wildman–Crippen LogP) is 3.89. The van der Waals surface area contributed by atoms with Gasteiger partial charge in [-0.15, -0.1) is 0 Å². The van der Waals surface area contributed by atoms with Gasteiger partial charge >= 0.3 is 0 Å². The summed E-state index contributed by atoms with van der Waals surface area (Å²) in [7, 11) is 0. The number of nitrogens with zero attached hydrogens (tertiary/aromatic N) is 3. The van der Waals surface area contributed by atoms with Crippen LogP contribution in [-0.2, 0) is 6.42 Å². The SMILES string of the molecule is CCc1cc(C(=O)Nc2cccc(C(=O)N3CCCC3)c2C)c2c(C)noc2n1. The maximum atomic E-state index is 13.1. The van der Waals surface area contributed by atoms with Gasteiger partial charge in [0.1, 0.15) is 0 Å². The molecule has 0 atom stereocenters. The van der Waals surface area contributed by atoms with Crippen LogP contribution in [0.15, 0.2) is 28.8 Å². The molecule has 150 valence electrons. The fourth-order valence-corrected chi connectivity index (χ4v) is 3.79. The second-order valence-electron chi connectivity index (χ2n) is 7.39. The van der Waals surface area contributed by atoms with E-state index in [0.29, 0.717) is 40.0 Å². The van der Waals surface area contributed by atoms with Crippen molar-refractivity contribution in [1.82, 2.24) is 15.0 Å². The first-order chi connectivity index (χ1) is 14.0. The number of anilines is 1. The zero-order valence-corrected chi connectivity index (χ0v) is 16.9. The Bertz CT molecular complexity index is 1100. The lowest BCUT2D eigenvalue weighted by Crippen LogP contribution is -2.28. The van der Waals surface area contributed by atoms with Crippen molar-refractivity contribution >= 4 is 28.6 Å². The summed E-state index contributed by atoms with van der Waals surface area (Å²) in [6.07, 6.45) is 2.75. The van der Waals surface area contributed by atoms with E-state index < -0.39 is 0 Å². The van der Waals surface area contributed by atoms with Gasteiger partial charge in [-0.25, -0.2) is 4.98 Å². The highest BCUT2D eigenvalue weighted by Crippen LogP contribution is 2.26. The lowest BCUT2D eigenvalue weighted by molar-refractivity contribution is 0.0791. The fraction of sp³-hybridized carbons (Fsp3) is 0.364. The Kier molecular flexibility index (Phi) is 5.05. The third-order valence-corrected chi connectivity index (χ3v) is 5.48. The first-order valence-corrected chi connectivity index (χ1v) is 9.95. The van der Waals surface area contributed by atoms with Crippen molar-refractivity contribution in [3.05, 3.63) is 52.3 Å². The van der Waals surface area contributed by atoms with Crippen molar-refractivity contribution in [2.45, 2.75) is 40.0 Å². The molecule has 3 aromatic rings. The van der Waals surface area contributed by atoms with Crippen LogP contribution in [0.3, 0.4) is 0 Å². The minimum Gasteiger partial charge on any atom is -0.339 e. The third-order valence-electron chi connectivity index (χ3n) is 5.48. The highest BCUT2D eigenvalue weighted by Gasteiger charge is 2.23. The molecular weight excluding hydrogens is 368 g/mol.